The second-order valence-electron chi connectivity index (χ2n) is 6.37. The van der Waals surface area contributed by atoms with Crippen LogP contribution >= 0.6 is 0 Å². The molecule has 0 bridgehead atoms. The van der Waals surface area contributed by atoms with Crippen molar-refractivity contribution in [1.82, 2.24) is 4.90 Å². The second kappa shape index (κ2) is 6.80. The molecule has 0 fully saturated rings. The van der Waals surface area contributed by atoms with Crippen molar-refractivity contribution in [3.05, 3.63) is 23.8 Å². The molecule has 1 N–H and O–H groups in total. The standard InChI is InChI=1S/C16H27NO2/c1-6-9-19-14-8-7-13(15(18)10-14)11-17(5)12-16(2,3)4/h7-8,10,18H,6,9,11-12H2,1-5H3. The lowest BCUT2D eigenvalue weighted by Crippen LogP contribution is -2.28. The minimum absolute atomic E-state index is 0.258. The zero-order valence-corrected chi connectivity index (χ0v) is 12.9. The Morgan fingerprint density at radius 2 is 1.95 bits per heavy atom. The number of hydrogen-bond donors (Lipinski definition) is 1. The number of benzene rings is 1. The summed E-state index contributed by atoms with van der Waals surface area (Å²) in [6, 6.07) is 5.57. The summed E-state index contributed by atoms with van der Waals surface area (Å²) in [5, 5.41) is 10.0. The van der Waals surface area contributed by atoms with Gasteiger partial charge >= 0.3 is 0 Å². The maximum Gasteiger partial charge on any atom is 0.123 e. The highest BCUT2D eigenvalue weighted by atomic mass is 16.5. The van der Waals surface area contributed by atoms with Gasteiger partial charge < -0.3 is 14.7 Å². The van der Waals surface area contributed by atoms with Crippen LogP contribution in [-0.4, -0.2) is 30.2 Å². The Morgan fingerprint density at radius 1 is 1.26 bits per heavy atom. The molecule has 0 amide bonds. The van der Waals surface area contributed by atoms with Gasteiger partial charge in [-0.3, -0.25) is 0 Å². The van der Waals surface area contributed by atoms with E-state index in [0.29, 0.717) is 12.4 Å². The fourth-order valence-corrected chi connectivity index (χ4v) is 2.14. The van der Waals surface area contributed by atoms with Crippen LogP contribution in [-0.2, 0) is 6.54 Å². The molecule has 0 radical (unpaired) electrons. The molecule has 0 heterocycles. The van der Waals surface area contributed by atoms with Crippen LogP contribution < -0.4 is 4.74 Å². The van der Waals surface area contributed by atoms with Crippen molar-refractivity contribution in [2.45, 2.75) is 40.7 Å². The van der Waals surface area contributed by atoms with Crippen LogP contribution in [0.4, 0.5) is 0 Å². The van der Waals surface area contributed by atoms with Crippen molar-refractivity contribution in [2.24, 2.45) is 5.41 Å². The van der Waals surface area contributed by atoms with Gasteiger partial charge in [0.1, 0.15) is 11.5 Å². The fourth-order valence-electron chi connectivity index (χ4n) is 2.14. The molecule has 0 aliphatic carbocycles. The quantitative estimate of drug-likeness (QED) is 0.852. The monoisotopic (exact) mass is 265 g/mol. The number of ether oxygens (including phenoxy) is 1. The first-order chi connectivity index (χ1) is 8.81. The van der Waals surface area contributed by atoms with Crippen LogP contribution in [0.25, 0.3) is 0 Å². The molecule has 1 rings (SSSR count). The SMILES string of the molecule is CCCOc1ccc(CN(C)CC(C)(C)C)c(O)c1. The van der Waals surface area contributed by atoms with Gasteiger partial charge in [-0.1, -0.05) is 33.8 Å². The predicted molar refractivity (Wildman–Crippen MR) is 79.7 cm³/mol. The Labute approximate surface area is 117 Å². The molecule has 0 aliphatic heterocycles. The van der Waals surface area contributed by atoms with E-state index in [0.717, 1.165) is 30.8 Å². The maximum absolute atomic E-state index is 10.0. The molecule has 108 valence electrons. The fraction of sp³-hybridized carbons (Fsp3) is 0.625. The smallest absolute Gasteiger partial charge is 0.123 e. The number of nitrogens with zero attached hydrogens (tertiary/aromatic N) is 1. The van der Waals surface area contributed by atoms with Gasteiger partial charge in [0.05, 0.1) is 6.61 Å². The van der Waals surface area contributed by atoms with Crippen molar-refractivity contribution in [2.75, 3.05) is 20.2 Å². The van der Waals surface area contributed by atoms with Crippen molar-refractivity contribution in [1.29, 1.82) is 0 Å². The summed E-state index contributed by atoms with van der Waals surface area (Å²) in [6.07, 6.45) is 0.969. The highest BCUT2D eigenvalue weighted by molar-refractivity contribution is 5.39. The molecule has 0 saturated heterocycles. The zero-order valence-electron chi connectivity index (χ0n) is 12.9. The Hall–Kier alpha value is -1.22. The van der Waals surface area contributed by atoms with Crippen LogP contribution in [0, 0.1) is 5.41 Å². The van der Waals surface area contributed by atoms with E-state index in [1.54, 1.807) is 6.07 Å². The second-order valence-corrected chi connectivity index (χ2v) is 6.37. The summed E-state index contributed by atoms with van der Waals surface area (Å²) in [7, 11) is 2.08. The number of hydrogen-bond acceptors (Lipinski definition) is 3. The maximum atomic E-state index is 10.0. The van der Waals surface area contributed by atoms with E-state index in [9.17, 15) is 5.11 Å². The summed E-state index contributed by atoms with van der Waals surface area (Å²) in [6.45, 7) is 11.1. The molecule has 0 aliphatic rings. The molecule has 1 aromatic rings. The number of aromatic hydroxyl groups is 1. The minimum Gasteiger partial charge on any atom is -0.507 e. The lowest BCUT2D eigenvalue weighted by molar-refractivity contribution is 0.218. The third kappa shape index (κ3) is 5.97. The highest BCUT2D eigenvalue weighted by Crippen LogP contribution is 2.25. The Morgan fingerprint density at radius 3 is 2.47 bits per heavy atom. The molecule has 0 unspecified atom stereocenters. The molecule has 1 aromatic carbocycles. The molecule has 3 heteroatoms. The van der Waals surface area contributed by atoms with Crippen LogP contribution in [0.1, 0.15) is 39.7 Å². The van der Waals surface area contributed by atoms with Crippen molar-refractivity contribution >= 4 is 0 Å². The van der Waals surface area contributed by atoms with Gasteiger partial charge in [0.2, 0.25) is 0 Å². The Balaban J connectivity index is 2.64. The number of phenols is 1. The van der Waals surface area contributed by atoms with Crippen molar-refractivity contribution in [3.63, 3.8) is 0 Å². The van der Waals surface area contributed by atoms with Gasteiger partial charge in [0.15, 0.2) is 0 Å². The van der Waals surface area contributed by atoms with Gasteiger partial charge in [0, 0.05) is 24.7 Å². The molecule has 0 spiro atoms. The normalized spacial score (nSPS) is 11.9. The van der Waals surface area contributed by atoms with E-state index in [1.807, 2.05) is 12.1 Å². The van der Waals surface area contributed by atoms with Crippen LogP contribution in [0.3, 0.4) is 0 Å². The lowest BCUT2D eigenvalue weighted by Gasteiger charge is -2.26. The predicted octanol–water partition coefficient (Wildman–Crippen LogP) is 3.66. The molecular formula is C16H27NO2. The average Bonchev–Trinajstić information content (AvgIpc) is 2.27. The van der Waals surface area contributed by atoms with E-state index >= 15 is 0 Å². The van der Waals surface area contributed by atoms with Gasteiger partial charge in [0.25, 0.3) is 0 Å². The molecule has 0 aromatic heterocycles. The summed E-state index contributed by atoms with van der Waals surface area (Å²) < 4.78 is 5.50. The lowest BCUT2D eigenvalue weighted by atomic mass is 9.96. The van der Waals surface area contributed by atoms with Crippen molar-refractivity contribution in [3.8, 4) is 11.5 Å². The molecule has 0 atom stereocenters. The van der Waals surface area contributed by atoms with E-state index in [1.165, 1.54) is 0 Å². The Kier molecular flexibility index (Phi) is 5.67. The van der Waals surface area contributed by atoms with E-state index in [2.05, 4.69) is 39.6 Å². The summed E-state index contributed by atoms with van der Waals surface area (Å²) in [5.74, 6) is 1.05. The van der Waals surface area contributed by atoms with Gasteiger partial charge in [-0.15, -0.1) is 0 Å². The Bertz CT molecular complexity index is 396. The average molecular weight is 265 g/mol. The summed E-state index contributed by atoms with van der Waals surface area (Å²) in [4.78, 5) is 2.22. The molecule has 19 heavy (non-hydrogen) atoms. The first-order valence-electron chi connectivity index (χ1n) is 6.95. The molecular weight excluding hydrogens is 238 g/mol. The summed E-state index contributed by atoms with van der Waals surface area (Å²) in [5.41, 5.74) is 1.20. The van der Waals surface area contributed by atoms with Crippen LogP contribution in [0.5, 0.6) is 11.5 Å². The molecule has 0 saturated carbocycles. The largest absolute Gasteiger partial charge is 0.507 e. The van der Waals surface area contributed by atoms with Crippen LogP contribution in [0.15, 0.2) is 18.2 Å². The zero-order chi connectivity index (χ0) is 14.5. The first-order valence-corrected chi connectivity index (χ1v) is 6.95. The van der Waals surface area contributed by atoms with Gasteiger partial charge in [-0.05, 0) is 24.9 Å². The van der Waals surface area contributed by atoms with Crippen LogP contribution in [0.2, 0.25) is 0 Å². The van der Waals surface area contributed by atoms with E-state index in [4.69, 9.17) is 4.74 Å². The number of rotatable bonds is 6. The minimum atomic E-state index is 0.258. The third-order valence-corrected chi connectivity index (χ3v) is 2.71. The van der Waals surface area contributed by atoms with E-state index < -0.39 is 0 Å². The van der Waals surface area contributed by atoms with Gasteiger partial charge in [-0.2, -0.15) is 0 Å². The highest BCUT2D eigenvalue weighted by Gasteiger charge is 2.14. The summed E-state index contributed by atoms with van der Waals surface area (Å²) >= 11 is 0. The molecule has 3 nitrogen and oxygen atoms in total. The van der Waals surface area contributed by atoms with E-state index in [-0.39, 0.29) is 5.41 Å². The van der Waals surface area contributed by atoms with Crippen molar-refractivity contribution < 1.29 is 9.84 Å². The topological polar surface area (TPSA) is 32.7 Å². The number of phenolic OH excluding ortho intramolecular Hbond substituents is 1. The third-order valence-electron chi connectivity index (χ3n) is 2.71. The van der Waals surface area contributed by atoms with Gasteiger partial charge in [-0.25, -0.2) is 0 Å². The first kappa shape index (κ1) is 15.8.